The van der Waals surface area contributed by atoms with Gasteiger partial charge in [0.15, 0.2) is 0 Å². The van der Waals surface area contributed by atoms with Crippen molar-refractivity contribution in [2.75, 3.05) is 0 Å². The van der Waals surface area contributed by atoms with E-state index in [-0.39, 0.29) is 11.6 Å². The molecule has 0 amide bonds. The standard InChI is InChI=1S/C13H11FOS/c1-8-5-10(7-11(14)6-8)13(15)12-4-3-9(2)16-12/h3-7H,1-2H3. The molecule has 1 nitrogen and oxygen atoms in total. The van der Waals surface area contributed by atoms with E-state index in [9.17, 15) is 9.18 Å². The van der Waals surface area contributed by atoms with Gasteiger partial charge < -0.3 is 0 Å². The Labute approximate surface area is 97.6 Å². The smallest absolute Gasteiger partial charge is 0.203 e. The molecular weight excluding hydrogens is 223 g/mol. The van der Waals surface area contributed by atoms with Crippen molar-refractivity contribution in [3.8, 4) is 0 Å². The highest BCUT2D eigenvalue weighted by Crippen LogP contribution is 2.20. The van der Waals surface area contributed by atoms with Crippen LogP contribution < -0.4 is 0 Å². The lowest BCUT2D eigenvalue weighted by Gasteiger charge is -2.00. The maximum Gasteiger partial charge on any atom is 0.203 e. The maximum atomic E-state index is 13.2. The summed E-state index contributed by atoms with van der Waals surface area (Å²) in [5.41, 5.74) is 1.18. The van der Waals surface area contributed by atoms with Crippen molar-refractivity contribution >= 4 is 17.1 Å². The molecule has 1 heterocycles. The van der Waals surface area contributed by atoms with Gasteiger partial charge in [0.2, 0.25) is 5.78 Å². The second-order valence-corrected chi connectivity index (χ2v) is 5.04. The predicted molar refractivity (Wildman–Crippen MR) is 63.6 cm³/mol. The highest BCUT2D eigenvalue weighted by atomic mass is 32.1. The van der Waals surface area contributed by atoms with Gasteiger partial charge in [-0.2, -0.15) is 0 Å². The summed E-state index contributed by atoms with van der Waals surface area (Å²) >= 11 is 1.43. The zero-order chi connectivity index (χ0) is 11.7. The second-order valence-electron chi connectivity index (χ2n) is 3.76. The summed E-state index contributed by atoms with van der Waals surface area (Å²) in [6, 6.07) is 8.08. The van der Waals surface area contributed by atoms with Crippen LogP contribution in [0.15, 0.2) is 30.3 Å². The zero-order valence-corrected chi connectivity index (χ0v) is 9.90. The Hall–Kier alpha value is -1.48. The first-order chi connectivity index (χ1) is 7.56. The van der Waals surface area contributed by atoms with E-state index in [1.807, 2.05) is 13.0 Å². The number of carbonyl (C=O) groups excluding carboxylic acids is 1. The minimum Gasteiger partial charge on any atom is -0.288 e. The van der Waals surface area contributed by atoms with Gasteiger partial charge in [-0.3, -0.25) is 4.79 Å². The number of ketones is 1. The molecule has 0 bridgehead atoms. The van der Waals surface area contributed by atoms with Gasteiger partial charge >= 0.3 is 0 Å². The topological polar surface area (TPSA) is 17.1 Å². The third-order valence-corrected chi connectivity index (χ3v) is 3.27. The lowest BCUT2D eigenvalue weighted by Crippen LogP contribution is -1.99. The molecule has 0 unspecified atom stereocenters. The number of benzene rings is 1. The average Bonchev–Trinajstić information content (AvgIpc) is 2.62. The maximum absolute atomic E-state index is 13.2. The van der Waals surface area contributed by atoms with Gasteiger partial charge in [-0.1, -0.05) is 0 Å². The molecule has 0 fully saturated rings. The van der Waals surface area contributed by atoms with E-state index in [2.05, 4.69) is 0 Å². The van der Waals surface area contributed by atoms with Gasteiger partial charge in [-0.25, -0.2) is 4.39 Å². The Kier molecular flexibility index (Phi) is 2.88. The Bertz CT molecular complexity index is 522. The van der Waals surface area contributed by atoms with E-state index >= 15 is 0 Å². The monoisotopic (exact) mass is 234 g/mol. The molecule has 2 rings (SSSR count). The van der Waals surface area contributed by atoms with Crippen molar-refractivity contribution in [3.63, 3.8) is 0 Å². The summed E-state index contributed by atoms with van der Waals surface area (Å²) in [5, 5.41) is 0. The molecule has 0 radical (unpaired) electrons. The summed E-state index contributed by atoms with van der Waals surface area (Å²) in [5.74, 6) is -0.475. The SMILES string of the molecule is Cc1cc(F)cc(C(=O)c2ccc(C)s2)c1. The van der Waals surface area contributed by atoms with Crippen molar-refractivity contribution in [2.45, 2.75) is 13.8 Å². The van der Waals surface area contributed by atoms with Crippen molar-refractivity contribution in [2.24, 2.45) is 0 Å². The van der Waals surface area contributed by atoms with Gasteiger partial charge in [0.05, 0.1) is 4.88 Å². The van der Waals surface area contributed by atoms with Gasteiger partial charge in [-0.15, -0.1) is 11.3 Å². The number of hydrogen-bond acceptors (Lipinski definition) is 2. The number of halogens is 1. The molecule has 0 aliphatic carbocycles. The van der Waals surface area contributed by atoms with E-state index in [1.165, 1.54) is 23.5 Å². The lowest BCUT2D eigenvalue weighted by molar-refractivity contribution is 0.104. The van der Waals surface area contributed by atoms with E-state index in [0.29, 0.717) is 10.4 Å². The fraction of sp³-hybridized carbons (Fsp3) is 0.154. The van der Waals surface area contributed by atoms with Crippen LogP contribution in [0.1, 0.15) is 25.7 Å². The normalized spacial score (nSPS) is 10.4. The fourth-order valence-corrected chi connectivity index (χ4v) is 2.40. The van der Waals surface area contributed by atoms with Crippen LogP contribution in [-0.4, -0.2) is 5.78 Å². The van der Waals surface area contributed by atoms with Gasteiger partial charge in [0.1, 0.15) is 5.82 Å². The summed E-state index contributed by atoms with van der Waals surface area (Å²) in [6.07, 6.45) is 0. The molecule has 0 aliphatic heterocycles. The molecule has 0 aliphatic rings. The number of thiophene rings is 1. The summed E-state index contributed by atoms with van der Waals surface area (Å²) < 4.78 is 13.2. The van der Waals surface area contributed by atoms with Crippen LogP contribution in [0, 0.1) is 19.7 Å². The number of rotatable bonds is 2. The Morgan fingerprint density at radius 2 is 1.94 bits per heavy atom. The van der Waals surface area contributed by atoms with Gasteiger partial charge in [0, 0.05) is 10.4 Å². The molecule has 16 heavy (non-hydrogen) atoms. The van der Waals surface area contributed by atoms with E-state index < -0.39 is 0 Å². The highest BCUT2D eigenvalue weighted by molar-refractivity contribution is 7.14. The molecular formula is C13H11FOS. The minimum atomic E-state index is -0.364. The van der Waals surface area contributed by atoms with Crippen LogP contribution in [0.3, 0.4) is 0 Å². The Balaban J connectivity index is 2.41. The number of hydrogen-bond donors (Lipinski definition) is 0. The van der Waals surface area contributed by atoms with E-state index in [0.717, 1.165) is 10.4 Å². The number of aryl methyl sites for hydroxylation is 2. The van der Waals surface area contributed by atoms with Crippen molar-refractivity contribution in [3.05, 3.63) is 57.0 Å². The molecule has 2 aromatic rings. The number of carbonyl (C=O) groups is 1. The van der Waals surface area contributed by atoms with Crippen LogP contribution >= 0.6 is 11.3 Å². The lowest BCUT2D eigenvalue weighted by atomic mass is 10.1. The zero-order valence-electron chi connectivity index (χ0n) is 9.08. The predicted octanol–water partition coefficient (Wildman–Crippen LogP) is 3.74. The minimum absolute atomic E-state index is 0.110. The quantitative estimate of drug-likeness (QED) is 0.723. The first kappa shape index (κ1) is 11.0. The molecule has 3 heteroatoms. The molecule has 82 valence electrons. The third kappa shape index (κ3) is 2.19. The van der Waals surface area contributed by atoms with E-state index in [4.69, 9.17) is 0 Å². The first-order valence-electron chi connectivity index (χ1n) is 4.94. The van der Waals surface area contributed by atoms with Gasteiger partial charge in [-0.05, 0) is 49.7 Å². The summed E-state index contributed by atoms with van der Waals surface area (Å²) in [7, 11) is 0. The van der Waals surface area contributed by atoms with Crippen LogP contribution in [0.25, 0.3) is 0 Å². The molecule has 1 aromatic carbocycles. The Morgan fingerprint density at radius 3 is 2.50 bits per heavy atom. The molecule has 0 N–H and O–H groups in total. The average molecular weight is 234 g/mol. The third-order valence-electron chi connectivity index (χ3n) is 2.27. The highest BCUT2D eigenvalue weighted by Gasteiger charge is 2.12. The van der Waals surface area contributed by atoms with Crippen molar-refractivity contribution < 1.29 is 9.18 Å². The van der Waals surface area contributed by atoms with Gasteiger partial charge in [0.25, 0.3) is 0 Å². The summed E-state index contributed by atoms with van der Waals surface area (Å²) in [4.78, 5) is 13.7. The fourth-order valence-electron chi connectivity index (χ4n) is 1.57. The van der Waals surface area contributed by atoms with Crippen LogP contribution in [0.2, 0.25) is 0 Å². The second kappa shape index (κ2) is 4.18. The molecule has 0 spiro atoms. The Morgan fingerprint density at radius 1 is 1.19 bits per heavy atom. The first-order valence-corrected chi connectivity index (χ1v) is 5.76. The largest absolute Gasteiger partial charge is 0.288 e. The molecule has 1 aromatic heterocycles. The summed E-state index contributed by atoms with van der Waals surface area (Å²) in [6.45, 7) is 3.72. The molecule has 0 saturated heterocycles. The van der Waals surface area contributed by atoms with Crippen LogP contribution in [-0.2, 0) is 0 Å². The molecule has 0 saturated carbocycles. The van der Waals surface area contributed by atoms with E-state index in [1.54, 1.807) is 19.1 Å². The van der Waals surface area contributed by atoms with Crippen LogP contribution in [0.4, 0.5) is 4.39 Å². The van der Waals surface area contributed by atoms with Crippen molar-refractivity contribution in [1.29, 1.82) is 0 Å². The molecule has 0 atom stereocenters. The van der Waals surface area contributed by atoms with Crippen molar-refractivity contribution in [1.82, 2.24) is 0 Å². The van der Waals surface area contributed by atoms with Crippen LogP contribution in [0.5, 0.6) is 0 Å².